The SMILES string of the molecule is Cc1cccc(OC(=O)CNC(=O)COc2ccc(F)cc2)c1. The van der Waals surface area contributed by atoms with Gasteiger partial charge in [0, 0.05) is 0 Å². The number of carbonyl (C=O) groups excluding carboxylic acids is 2. The summed E-state index contributed by atoms with van der Waals surface area (Å²) >= 11 is 0. The highest BCUT2D eigenvalue weighted by Crippen LogP contribution is 2.12. The molecule has 5 nitrogen and oxygen atoms in total. The van der Waals surface area contributed by atoms with Gasteiger partial charge in [0.2, 0.25) is 0 Å². The van der Waals surface area contributed by atoms with Crippen LogP contribution in [-0.4, -0.2) is 25.0 Å². The van der Waals surface area contributed by atoms with Crippen LogP contribution in [0.3, 0.4) is 0 Å². The van der Waals surface area contributed by atoms with Crippen LogP contribution in [0.4, 0.5) is 4.39 Å². The van der Waals surface area contributed by atoms with Crippen LogP contribution in [0.5, 0.6) is 11.5 Å². The van der Waals surface area contributed by atoms with E-state index in [1.54, 1.807) is 18.2 Å². The molecule has 0 heterocycles. The van der Waals surface area contributed by atoms with E-state index >= 15 is 0 Å². The summed E-state index contributed by atoms with van der Waals surface area (Å²) in [6.07, 6.45) is 0. The van der Waals surface area contributed by atoms with Crippen LogP contribution < -0.4 is 14.8 Å². The Morgan fingerprint density at radius 1 is 1.09 bits per heavy atom. The van der Waals surface area contributed by atoms with Gasteiger partial charge < -0.3 is 14.8 Å². The molecule has 0 fully saturated rings. The van der Waals surface area contributed by atoms with E-state index in [1.807, 2.05) is 13.0 Å². The molecule has 0 aliphatic carbocycles. The minimum Gasteiger partial charge on any atom is -0.484 e. The molecule has 0 aromatic heterocycles. The van der Waals surface area contributed by atoms with Crippen LogP contribution in [0.15, 0.2) is 48.5 Å². The van der Waals surface area contributed by atoms with Crippen molar-refractivity contribution < 1.29 is 23.5 Å². The van der Waals surface area contributed by atoms with Crippen molar-refractivity contribution in [2.24, 2.45) is 0 Å². The first-order chi connectivity index (χ1) is 11.0. The number of benzene rings is 2. The fourth-order valence-electron chi connectivity index (χ4n) is 1.75. The second-order valence-electron chi connectivity index (χ2n) is 4.81. The number of aryl methyl sites for hydroxylation is 1. The molecule has 0 spiro atoms. The normalized spacial score (nSPS) is 10.0. The van der Waals surface area contributed by atoms with Crippen molar-refractivity contribution >= 4 is 11.9 Å². The second kappa shape index (κ2) is 7.93. The van der Waals surface area contributed by atoms with Gasteiger partial charge in [-0.25, -0.2) is 9.18 Å². The average Bonchev–Trinajstić information content (AvgIpc) is 2.52. The van der Waals surface area contributed by atoms with E-state index in [2.05, 4.69) is 5.32 Å². The van der Waals surface area contributed by atoms with Gasteiger partial charge in [-0.05, 0) is 48.9 Å². The third kappa shape index (κ3) is 5.78. The third-order valence-corrected chi connectivity index (χ3v) is 2.83. The van der Waals surface area contributed by atoms with Crippen molar-refractivity contribution in [3.8, 4) is 11.5 Å². The van der Waals surface area contributed by atoms with Crippen molar-refractivity contribution in [1.29, 1.82) is 0 Å². The van der Waals surface area contributed by atoms with Gasteiger partial charge in [-0.2, -0.15) is 0 Å². The molecule has 1 N–H and O–H groups in total. The summed E-state index contributed by atoms with van der Waals surface area (Å²) in [5.41, 5.74) is 0.965. The maximum absolute atomic E-state index is 12.7. The van der Waals surface area contributed by atoms with Gasteiger partial charge in [-0.1, -0.05) is 12.1 Å². The number of hydrogen-bond acceptors (Lipinski definition) is 4. The number of nitrogens with one attached hydrogen (secondary N) is 1. The molecule has 0 saturated carbocycles. The predicted molar refractivity (Wildman–Crippen MR) is 81.7 cm³/mol. The van der Waals surface area contributed by atoms with Gasteiger partial charge in [-0.15, -0.1) is 0 Å². The minimum atomic E-state index is -0.578. The zero-order chi connectivity index (χ0) is 16.7. The van der Waals surface area contributed by atoms with E-state index in [0.717, 1.165) is 5.56 Å². The van der Waals surface area contributed by atoms with Crippen LogP contribution in [0, 0.1) is 12.7 Å². The van der Waals surface area contributed by atoms with Gasteiger partial charge in [-0.3, -0.25) is 4.79 Å². The summed E-state index contributed by atoms with van der Waals surface area (Å²) in [5.74, 6) is -0.655. The van der Waals surface area contributed by atoms with Crippen molar-refractivity contribution in [1.82, 2.24) is 5.32 Å². The van der Waals surface area contributed by atoms with Gasteiger partial charge in [0.25, 0.3) is 5.91 Å². The third-order valence-electron chi connectivity index (χ3n) is 2.83. The Kier molecular flexibility index (Phi) is 5.68. The summed E-state index contributed by atoms with van der Waals surface area (Å²) < 4.78 is 23.0. The Labute approximate surface area is 133 Å². The maximum atomic E-state index is 12.7. The maximum Gasteiger partial charge on any atom is 0.330 e. The lowest BCUT2D eigenvalue weighted by atomic mass is 10.2. The van der Waals surface area contributed by atoms with E-state index in [1.165, 1.54) is 24.3 Å². The Hall–Kier alpha value is -2.89. The molecule has 0 unspecified atom stereocenters. The molecule has 0 aliphatic heterocycles. The number of rotatable bonds is 6. The van der Waals surface area contributed by atoms with E-state index < -0.39 is 11.9 Å². The smallest absolute Gasteiger partial charge is 0.330 e. The van der Waals surface area contributed by atoms with Crippen LogP contribution >= 0.6 is 0 Å². The number of hydrogen-bond donors (Lipinski definition) is 1. The molecule has 2 rings (SSSR count). The fraction of sp³-hybridized carbons (Fsp3) is 0.176. The largest absolute Gasteiger partial charge is 0.484 e. The first-order valence-electron chi connectivity index (χ1n) is 6.95. The number of ether oxygens (including phenoxy) is 2. The highest BCUT2D eigenvalue weighted by molar-refractivity contribution is 5.83. The molecule has 0 bridgehead atoms. The monoisotopic (exact) mass is 317 g/mol. The van der Waals surface area contributed by atoms with Crippen LogP contribution in [0.2, 0.25) is 0 Å². The Morgan fingerprint density at radius 2 is 1.83 bits per heavy atom. The zero-order valence-corrected chi connectivity index (χ0v) is 12.5. The molecule has 6 heteroatoms. The van der Waals surface area contributed by atoms with Crippen molar-refractivity contribution in [3.05, 3.63) is 59.9 Å². The lowest BCUT2D eigenvalue weighted by Crippen LogP contribution is -2.35. The highest BCUT2D eigenvalue weighted by Gasteiger charge is 2.08. The first kappa shape index (κ1) is 16.5. The Morgan fingerprint density at radius 3 is 2.52 bits per heavy atom. The molecule has 2 aromatic carbocycles. The van der Waals surface area contributed by atoms with Gasteiger partial charge in [0.05, 0.1) is 0 Å². The fourth-order valence-corrected chi connectivity index (χ4v) is 1.75. The number of carbonyl (C=O) groups is 2. The molecule has 0 radical (unpaired) electrons. The predicted octanol–water partition coefficient (Wildman–Crippen LogP) is 2.23. The molecule has 2 aromatic rings. The Bertz CT molecular complexity index is 685. The lowest BCUT2D eigenvalue weighted by molar-refractivity contribution is -0.135. The summed E-state index contributed by atoms with van der Waals surface area (Å²) in [6, 6.07) is 12.3. The van der Waals surface area contributed by atoms with Gasteiger partial charge in [0.1, 0.15) is 23.9 Å². The zero-order valence-electron chi connectivity index (χ0n) is 12.5. The van der Waals surface area contributed by atoms with Crippen LogP contribution in [-0.2, 0) is 9.59 Å². The molecule has 0 aliphatic rings. The molecule has 23 heavy (non-hydrogen) atoms. The van der Waals surface area contributed by atoms with E-state index in [-0.39, 0.29) is 19.0 Å². The van der Waals surface area contributed by atoms with Crippen LogP contribution in [0.1, 0.15) is 5.56 Å². The molecular formula is C17H16FNO4. The number of esters is 1. The topological polar surface area (TPSA) is 64.6 Å². The number of amides is 1. The van der Waals surface area contributed by atoms with Crippen molar-refractivity contribution in [2.45, 2.75) is 6.92 Å². The molecule has 0 atom stereocenters. The molecule has 120 valence electrons. The standard InChI is InChI=1S/C17H16FNO4/c1-12-3-2-4-15(9-12)23-17(21)10-19-16(20)11-22-14-7-5-13(18)6-8-14/h2-9H,10-11H2,1H3,(H,19,20). The van der Waals surface area contributed by atoms with Crippen LogP contribution in [0.25, 0.3) is 0 Å². The first-order valence-corrected chi connectivity index (χ1v) is 6.95. The molecule has 1 amide bonds. The minimum absolute atomic E-state index is 0.264. The summed E-state index contributed by atoms with van der Waals surface area (Å²) in [6.45, 7) is 1.34. The van der Waals surface area contributed by atoms with E-state index in [4.69, 9.17) is 9.47 Å². The summed E-state index contributed by atoms with van der Waals surface area (Å²) in [7, 11) is 0. The lowest BCUT2D eigenvalue weighted by Gasteiger charge is -2.08. The highest BCUT2D eigenvalue weighted by atomic mass is 19.1. The summed E-state index contributed by atoms with van der Waals surface area (Å²) in [5, 5.41) is 2.39. The molecular weight excluding hydrogens is 301 g/mol. The molecule has 0 saturated heterocycles. The summed E-state index contributed by atoms with van der Waals surface area (Å²) in [4.78, 5) is 23.2. The quantitative estimate of drug-likeness (QED) is 0.655. The average molecular weight is 317 g/mol. The van der Waals surface area contributed by atoms with Crippen molar-refractivity contribution in [2.75, 3.05) is 13.2 Å². The second-order valence-corrected chi connectivity index (χ2v) is 4.81. The van der Waals surface area contributed by atoms with Gasteiger partial charge >= 0.3 is 5.97 Å². The van der Waals surface area contributed by atoms with Crippen molar-refractivity contribution in [3.63, 3.8) is 0 Å². The Balaban J connectivity index is 1.71. The number of halogens is 1. The van der Waals surface area contributed by atoms with E-state index in [0.29, 0.717) is 11.5 Å². The van der Waals surface area contributed by atoms with E-state index in [9.17, 15) is 14.0 Å². The van der Waals surface area contributed by atoms with Gasteiger partial charge in [0.15, 0.2) is 6.61 Å².